The van der Waals surface area contributed by atoms with Crippen LogP contribution in [0.25, 0.3) is 93.2 Å². The minimum atomic E-state index is -0.628. The van der Waals surface area contributed by atoms with E-state index >= 15 is 0 Å². The molecule has 0 radical (unpaired) electrons. The van der Waals surface area contributed by atoms with Gasteiger partial charge in [0.1, 0.15) is 0 Å². The molecular formula is C80H50N2. The lowest BCUT2D eigenvalue weighted by molar-refractivity contribution is 0.748. The van der Waals surface area contributed by atoms with Crippen LogP contribution < -0.4 is 4.90 Å². The highest BCUT2D eigenvalue weighted by atomic mass is 15.1. The molecule has 0 N–H and O–H groups in total. The van der Waals surface area contributed by atoms with Crippen LogP contribution in [0, 0.1) is 0 Å². The molecule has 14 aromatic carbocycles. The van der Waals surface area contributed by atoms with Crippen molar-refractivity contribution < 1.29 is 0 Å². The summed E-state index contributed by atoms with van der Waals surface area (Å²) >= 11 is 0. The van der Waals surface area contributed by atoms with E-state index in [1.807, 2.05) is 0 Å². The quantitative estimate of drug-likeness (QED) is 0.151. The van der Waals surface area contributed by atoms with Crippen LogP contribution in [-0.2, 0) is 10.8 Å². The van der Waals surface area contributed by atoms with Gasteiger partial charge in [-0.2, -0.15) is 0 Å². The first kappa shape index (κ1) is 45.3. The molecule has 2 aliphatic carbocycles. The Morgan fingerprint density at radius 2 is 0.829 bits per heavy atom. The summed E-state index contributed by atoms with van der Waals surface area (Å²) in [7, 11) is 0. The maximum atomic E-state index is 2.61. The van der Waals surface area contributed by atoms with Gasteiger partial charge in [0.2, 0.25) is 0 Å². The van der Waals surface area contributed by atoms with Gasteiger partial charge in [0.05, 0.1) is 38.9 Å². The predicted octanol–water partition coefficient (Wildman–Crippen LogP) is 20.4. The van der Waals surface area contributed by atoms with Gasteiger partial charge in [-0.1, -0.05) is 261 Å². The molecule has 1 unspecified atom stereocenters. The molecule has 1 aliphatic heterocycles. The van der Waals surface area contributed by atoms with Gasteiger partial charge in [0.15, 0.2) is 0 Å². The van der Waals surface area contributed by atoms with Gasteiger partial charge in [0, 0.05) is 27.4 Å². The Bertz CT molecular complexity index is 5130. The lowest BCUT2D eigenvalue weighted by Gasteiger charge is -2.40. The van der Waals surface area contributed by atoms with E-state index in [0.717, 1.165) is 17.1 Å². The van der Waals surface area contributed by atoms with E-state index in [1.54, 1.807) is 0 Å². The first-order valence-electron chi connectivity index (χ1n) is 28.7. The molecule has 0 bridgehead atoms. The maximum Gasteiger partial charge on any atom is 0.0755 e. The Hall–Kier alpha value is -10.5. The maximum absolute atomic E-state index is 2.61. The molecule has 0 saturated heterocycles. The molecule has 82 heavy (non-hydrogen) atoms. The number of aromatic nitrogens is 1. The lowest BCUT2D eigenvalue weighted by atomic mass is 9.65. The summed E-state index contributed by atoms with van der Waals surface area (Å²) in [6.07, 6.45) is 0. The zero-order valence-corrected chi connectivity index (χ0v) is 44.8. The zero-order chi connectivity index (χ0) is 53.7. The minimum Gasteiger partial charge on any atom is -0.309 e. The molecule has 15 aromatic rings. The van der Waals surface area contributed by atoms with Crippen molar-refractivity contribution in [2.75, 3.05) is 4.90 Å². The third-order valence-corrected chi connectivity index (χ3v) is 18.8. The Kier molecular flexibility index (Phi) is 9.39. The molecule has 1 aromatic heterocycles. The normalized spacial score (nSPS) is 15.0. The van der Waals surface area contributed by atoms with Gasteiger partial charge in [0.25, 0.3) is 0 Å². The highest BCUT2D eigenvalue weighted by Crippen LogP contribution is 2.65. The SMILES string of the molecule is c1ccc(C2(c3ccccc3)c3ccccc3-c3c2cc(N(c2ccc(-c4ccc5c(ccc6ccccc65)c4)cc2)c2cccc4c2-c2ccccc2C42c4ccccc4-n4c5ccccc5c5cccc2c54)c2ccccc32)cc1. The van der Waals surface area contributed by atoms with Crippen molar-refractivity contribution >= 4 is 71.2 Å². The summed E-state index contributed by atoms with van der Waals surface area (Å²) < 4.78 is 2.54. The fourth-order valence-electron chi connectivity index (χ4n) is 15.6. The highest BCUT2D eigenvalue weighted by molar-refractivity contribution is 6.15. The second-order valence-electron chi connectivity index (χ2n) is 22.6. The average molecular weight is 1040 g/mol. The predicted molar refractivity (Wildman–Crippen MR) is 342 cm³/mol. The van der Waals surface area contributed by atoms with Crippen LogP contribution in [-0.4, -0.2) is 4.57 Å². The van der Waals surface area contributed by atoms with Gasteiger partial charge in [-0.25, -0.2) is 0 Å². The van der Waals surface area contributed by atoms with Crippen LogP contribution in [0.1, 0.15) is 44.5 Å². The van der Waals surface area contributed by atoms with Crippen molar-refractivity contribution in [1.29, 1.82) is 0 Å². The lowest BCUT2D eigenvalue weighted by Crippen LogP contribution is -2.33. The first-order chi connectivity index (χ1) is 40.7. The molecular weight excluding hydrogens is 989 g/mol. The van der Waals surface area contributed by atoms with E-state index in [0.29, 0.717) is 0 Å². The summed E-state index contributed by atoms with van der Waals surface area (Å²) in [5.74, 6) is 0. The highest BCUT2D eigenvalue weighted by Gasteiger charge is 2.52. The fraction of sp³-hybridized carbons (Fsp3) is 0.0250. The van der Waals surface area contributed by atoms with Crippen molar-refractivity contribution in [1.82, 2.24) is 4.57 Å². The summed E-state index contributed by atoms with van der Waals surface area (Å²) in [5.41, 5.74) is 23.4. The van der Waals surface area contributed by atoms with Crippen LogP contribution >= 0.6 is 0 Å². The van der Waals surface area contributed by atoms with Crippen LogP contribution in [0.15, 0.2) is 303 Å². The molecule has 1 atom stereocenters. The third-order valence-electron chi connectivity index (χ3n) is 18.8. The molecule has 1 spiro atoms. The van der Waals surface area contributed by atoms with Crippen molar-refractivity contribution in [2.45, 2.75) is 10.8 Å². The first-order valence-corrected chi connectivity index (χ1v) is 28.7. The number of rotatable bonds is 6. The van der Waals surface area contributed by atoms with Gasteiger partial charge in [-0.15, -0.1) is 0 Å². The fourth-order valence-corrected chi connectivity index (χ4v) is 15.6. The van der Waals surface area contributed by atoms with Gasteiger partial charge in [-0.3, -0.25) is 0 Å². The van der Waals surface area contributed by atoms with Crippen molar-refractivity contribution in [3.63, 3.8) is 0 Å². The molecule has 3 aliphatic rings. The monoisotopic (exact) mass is 1040 g/mol. The molecule has 0 fully saturated rings. The Morgan fingerprint density at radius 3 is 1.61 bits per heavy atom. The van der Waals surface area contributed by atoms with Crippen molar-refractivity contribution in [3.05, 3.63) is 348 Å². The molecule has 380 valence electrons. The topological polar surface area (TPSA) is 8.17 Å². The molecule has 2 heterocycles. The van der Waals surface area contributed by atoms with E-state index in [1.165, 1.54) is 138 Å². The number of para-hydroxylation sites is 3. The zero-order valence-electron chi connectivity index (χ0n) is 44.8. The van der Waals surface area contributed by atoms with Crippen molar-refractivity contribution in [2.24, 2.45) is 0 Å². The van der Waals surface area contributed by atoms with E-state index < -0.39 is 10.8 Å². The number of fused-ring (bicyclic) bond motifs is 20. The van der Waals surface area contributed by atoms with Gasteiger partial charge in [-0.05, 0) is 142 Å². The van der Waals surface area contributed by atoms with E-state index in [9.17, 15) is 0 Å². The summed E-state index contributed by atoms with van der Waals surface area (Å²) in [5, 5.41) is 10.0. The standard InChI is InChI=1S/C80H50N2/c1-3-22-55(23-4-1)79(56-24-5-2-6-25-56)66-33-14-11-30-64(66)76-62-29-10-9-27-60(62)75(50-71(76)79)81(57-46-43-51(44-47-57)53-45-48-59-54(49-53)42-41-52-21-7-8-26-58(52)59)74-40-20-36-69-77(74)65-31-12-15-34-67(65)80(69)68-35-16-18-39-73(68)82-72-38-17-13-28-61(72)63-32-19-37-70(80)78(63)82/h1-50H. The number of hydrogen-bond acceptors (Lipinski definition) is 1. The van der Waals surface area contributed by atoms with Crippen LogP contribution in [0.2, 0.25) is 0 Å². The molecule has 0 saturated carbocycles. The minimum absolute atomic E-state index is 0.623. The van der Waals surface area contributed by atoms with Crippen LogP contribution in [0.3, 0.4) is 0 Å². The third kappa shape index (κ3) is 5.87. The van der Waals surface area contributed by atoms with Gasteiger partial charge >= 0.3 is 0 Å². The van der Waals surface area contributed by atoms with Gasteiger partial charge < -0.3 is 9.47 Å². The second kappa shape index (κ2) is 17.0. The van der Waals surface area contributed by atoms with E-state index in [4.69, 9.17) is 0 Å². The molecule has 2 heteroatoms. The van der Waals surface area contributed by atoms with Crippen LogP contribution in [0.5, 0.6) is 0 Å². The van der Waals surface area contributed by atoms with E-state index in [2.05, 4.69) is 313 Å². The Balaban J connectivity index is 0.942. The van der Waals surface area contributed by atoms with Crippen molar-refractivity contribution in [3.8, 4) is 39.1 Å². The molecule has 0 amide bonds. The van der Waals surface area contributed by atoms with Crippen LogP contribution in [0.4, 0.5) is 17.1 Å². The summed E-state index contributed by atoms with van der Waals surface area (Å²) in [4.78, 5) is 2.61. The number of anilines is 3. The summed E-state index contributed by atoms with van der Waals surface area (Å²) in [6, 6.07) is 115. The van der Waals surface area contributed by atoms with E-state index in [-0.39, 0.29) is 0 Å². The number of hydrogen-bond donors (Lipinski definition) is 0. The summed E-state index contributed by atoms with van der Waals surface area (Å²) in [6.45, 7) is 0. The number of benzene rings is 14. The Labute approximate surface area is 475 Å². The smallest absolute Gasteiger partial charge is 0.0755 e. The molecule has 18 rings (SSSR count). The largest absolute Gasteiger partial charge is 0.309 e. The second-order valence-corrected chi connectivity index (χ2v) is 22.6. The Morgan fingerprint density at radius 1 is 0.280 bits per heavy atom. The number of nitrogens with zero attached hydrogens (tertiary/aromatic N) is 2. The average Bonchev–Trinajstić information content (AvgIpc) is 1.66. The molecule has 2 nitrogen and oxygen atoms in total.